The molecule has 1 aromatic rings. The maximum absolute atomic E-state index is 13.1. The maximum atomic E-state index is 13.1. The summed E-state index contributed by atoms with van der Waals surface area (Å²) in [5, 5.41) is 17.0. The fraction of sp³-hybridized carbons (Fsp3) is 0.200. The van der Waals surface area contributed by atoms with Crippen molar-refractivity contribution in [2.75, 3.05) is 0 Å². The van der Waals surface area contributed by atoms with Gasteiger partial charge in [-0.15, -0.1) is 0 Å². The number of hydrogen-bond acceptors (Lipinski definition) is 2. The first-order valence-corrected chi connectivity index (χ1v) is 3.75. The highest BCUT2D eigenvalue weighted by molar-refractivity contribution is 5.41. The molecular formula is C10H7FN2. The van der Waals surface area contributed by atoms with Crippen LogP contribution in [0.5, 0.6) is 0 Å². The van der Waals surface area contributed by atoms with Crippen LogP contribution in [0, 0.1) is 35.4 Å². The van der Waals surface area contributed by atoms with Crippen molar-refractivity contribution >= 4 is 0 Å². The van der Waals surface area contributed by atoms with Gasteiger partial charge in [-0.1, -0.05) is 6.07 Å². The highest BCUT2D eigenvalue weighted by Crippen LogP contribution is 2.15. The molecule has 0 aliphatic carbocycles. The predicted molar refractivity (Wildman–Crippen MR) is 45.2 cm³/mol. The van der Waals surface area contributed by atoms with Crippen LogP contribution in [0.3, 0.4) is 0 Å². The van der Waals surface area contributed by atoms with Crippen molar-refractivity contribution in [1.29, 1.82) is 10.5 Å². The van der Waals surface area contributed by atoms with E-state index < -0.39 is 5.82 Å². The average Bonchev–Trinajstić information content (AvgIpc) is 2.04. The van der Waals surface area contributed by atoms with Gasteiger partial charge in [0.1, 0.15) is 11.9 Å². The van der Waals surface area contributed by atoms with Gasteiger partial charge >= 0.3 is 0 Å². The third kappa shape index (κ3) is 1.83. The zero-order chi connectivity index (χ0) is 9.84. The van der Waals surface area contributed by atoms with Crippen LogP contribution in [0.15, 0.2) is 12.1 Å². The number of hydrogen-bond donors (Lipinski definition) is 0. The summed E-state index contributed by atoms with van der Waals surface area (Å²) >= 11 is 0. The average molecular weight is 174 g/mol. The molecule has 0 spiro atoms. The van der Waals surface area contributed by atoms with Crippen LogP contribution >= 0.6 is 0 Å². The van der Waals surface area contributed by atoms with E-state index in [-0.39, 0.29) is 12.0 Å². The van der Waals surface area contributed by atoms with E-state index in [1.165, 1.54) is 6.07 Å². The highest BCUT2D eigenvalue weighted by atomic mass is 19.1. The van der Waals surface area contributed by atoms with Crippen LogP contribution in [0.2, 0.25) is 0 Å². The first kappa shape index (κ1) is 9.22. The molecule has 13 heavy (non-hydrogen) atoms. The first-order valence-electron chi connectivity index (χ1n) is 3.75. The molecule has 0 bridgehead atoms. The summed E-state index contributed by atoms with van der Waals surface area (Å²) < 4.78 is 13.1. The smallest absolute Gasteiger partial charge is 0.141 e. The van der Waals surface area contributed by atoms with Crippen LogP contribution in [0.1, 0.15) is 16.7 Å². The molecule has 3 heteroatoms. The van der Waals surface area contributed by atoms with Crippen molar-refractivity contribution in [1.82, 2.24) is 0 Å². The SMILES string of the molecule is Cc1cc(CC#N)cc(F)c1C#N. The van der Waals surface area contributed by atoms with E-state index in [2.05, 4.69) is 0 Å². The summed E-state index contributed by atoms with van der Waals surface area (Å²) in [5.41, 5.74) is 1.24. The van der Waals surface area contributed by atoms with Gasteiger partial charge in [0, 0.05) is 0 Å². The number of aryl methyl sites for hydroxylation is 1. The number of halogens is 1. The molecule has 0 heterocycles. The van der Waals surface area contributed by atoms with Crippen molar-refractivity contribution in [2.45, 2.75) is 13.3 Å². The lowest BCUT2D eigenvalue weighted by Gasteiger charge is -2.01. The minimum atomic E-state index is -0.548. The maximum Gasteiger partial charge on any atom is 0.141 e. The Hall–Kier alpha value is -1.87. The third-order valence-electron chi connectivity index (χ3n) is 1.74. The number of nitriles is 2. The number of nitrogens with zero attached hydrogens (tertiary/aromatic N) is 2. The standard InChI is InChI=1S/C10H7FN2/c1-7-4-8(2-3-12)5-10(11)9(7)6-13/h4-5H,2H2,1H3. The van der Waals surface area contributed by atoms with Gasteiger partial charge in [-0.25, -0.2) is 4.39 Å². The number of benzene rings is 1. The largest absolute Gasteiger partial charge is 0.206 e. The van der Waals surface area contributed by atoms with E-state index in [1.54, 1.807) is 19.1 Å². The molecule has 0 radical (unpaired) electrons. The molecule has 64 valence electrons. The Balaban J connectivity index is 3.24. The fourth-order valence-corrected chi connectivity index (χ4v) is 1.15. The van der Waals surface area contributed by atoms with E-state index in [1.807, 2.05) is 6.07 Å². The van der Waals surface area contributed by atoms with Gasteiger partial charge in [-0.05, 0) is 24.1 Å². The second kappa shape index (κ2) is 3.69. The Morgan fingerprint density at radius 3 is 2.54 bits per heavy atom. The molecule has 0 aromatic heterocycles. The molecule has 0 saturated heterocycles. The fourth-order valence-electron chi connectivity index (χ4n) is 1.15. The summed E-state index contributed by atoms with van der Waals surface area (Å²) in [6, 6.07) is 6.59. The monoisotopic (exact) mass is 174 g/mol. The second-order valence-corrected chi connectivity index (χ2v) is 2.72. The summed E-state index contributed by atoms with van der Waals surface area (Å²) in [6.45, 7) is 1.66. The first-order chi connectivity index (χ1) is 6.19. The molecule has 0 unspecified atom stereocenters. The van der Waals surface area contributed by atoms with Crippen LogP contribution in [-0.4, -0.2) is 0 Å². The van der Waals surface area contributed by atoms with Gasteiger partial charge in [-0.3, -0.25) is 0 Å². The molecule has 0 aliphatic heterocycles. The minimum absolute atomic E-state index is 0.0571. The molecule has 1 aromatic carbocycles. The Morgan fingerprint density at radius 2 is 2.08 bits per heavy atom. The number of rotatable bonds is 1. The Labute approximate surface area is 75.8 Å². The molecule has 1 rings (SSSR count). The van der Waals surface area contributed by atoms with E-state index in [4.69, 9.17) is 10.5 Å². The third-order valence-corrected chi connectivity index (χ3v) is 1.74. The normalized spacial score (nSPS) is 8.92. The van der Waals surface area contributed by atoms with Gasteiger partial charge in [0.2, 0.25) is 0 Å². The van der Waals surface area contributed by atoms with Crippen molar-refractivity contribution in [2.24, 2.45) is 0 Å². The zero-order valence-corrected chi connectivity index (χ0v) is 7.13. The van der Waals surface area contributed by atoms with Gasteiger partial charge in [0.25, 0.3) is 0 Å². The quantitative estimate of drug-likeness (QED) is 0.654. The summed E-state index contributed by atoms with van der Waals surface area (Å²) in [4.78, 5) is 0. The van der Waals surface area contributed by atoms with Gasteiger partial charge in [-0.2, -0.15) is 10.5 Å². The topological polar surface area (TPSA) is 47.6 Å². The molecule has 0 N–H and O–H groups in total. The summed E-state index contributed by atoms with van der Waals surface area (Å²) in [7, 11) is 0. The van der Waals surface area contributed by atoms with Gasteiger partial charge in [0.15, 0.2) is 0 Å². The Kier molecular flexibility index (Phi) is 2.62. The van der Waals surface area contributed by atoms with E-state index in [0.29, 0.717) is 11.1 Å². The van der Waals surface area contributed by atoms with Crippen molar-refractivity contribution in [3.63, 3.8) is 0 Å². The van der Waals surface area contributed by atoms with E-state index in [0.717, 1.165) is 0 Å². The predicted octanol–water partition coefficient (Wildman–Crippen LogP) is 2.07. The molecule has 0 saturated carbocycles. The second-order valence-electron chi connectivity index (χ2n) is 2.72. The molecule has 0 amide bonds. The molecule has 0 fully saturated rings. The summed E-state index contributed by atoms with van der Waals surface area (Å²) in [6.07, 6.45) is 0.170. The van der Waals surface area contributed by atoms with Gasteiger partial charge in [0.05, 0.1) is 18.1 Å². The van der Waals surface area contributed by atoms with Gasteiger partial charge < -0.3 is 0 Å². The molecule has 2 nitrogen and oxygen atoms in total. The van der Waals surface area contributed by atoms with E-state index >= 15 is 0 Å². The van der Waals surface area contributed by atoms with E-state index in [9.17, 15) is 4.39 Å². The molecule has 0 aliphatic rings. The highest BCUT2D eigenvalue weighted by Gasteiger charge is 2.06. The van der Waals surface area contributed by atoms with Crippen LogP contribution in [0.4, 0.5) is 4.39 Å². The lowest BCUT2D eigenvalue weighted by molar-refractivity contribution is 0.621. The van der Waals surface area contributed by atoms with Crippen LogP contribution < -0.4 is 0 Å². The Bertz CT molecular complexity index is 387. The van der Waals surface area contributed by atoms with Crippen molar-refractivity contribution in [3.8, 4) is 12.1 Å². The lowest BCUT2D eigenvalue weighted by Crippen LogP contribution is -1.92. The molecule has 0 atom stereocenters. The summed E-state index contributed by atoms with van der Waals surface area (Å²) in [5.74, 6) is -0.548. The molecular weight excluding hydrogens is 167 g/mol. The van der Waals surface area contributed by atoms with Crippen LogP contribution in [0.25, 0.3) is 0 Å². The van der Waals surface area contributed by atoms with Crippen molar-refractivity contribution < 1.29 is 4.39 Å². The lowest BCUT2D eigenvalue weighted by atomic mass is 10.0. The zero-order valence-electron chi connectivity index (χ0n) is 7.13. The van der Waals surface area contributed by atoms with Crippen LogP contribution in [-0.2, 0) is 6.42 Å². The minimum Gasteiger partial charge on any atom is -0.206 e. The Morgan fingerprint density at radius 1 is 1.38 bits per heavy atom. The van der Waals surface area contributed by atoms with Crippen molar-refractivity contribution in [3.05, 3.63) is 34.6 Å².